The number of rotatable bonds is 8. The van der Waals surface area contributed by atoms with Crippen LogP contribution in [0.1, 0.15) is 27.1 Å². The molecule has 1 aliphatic rings. The minimum Gasteiger partial charge on any atom is -0.493 e. The highest BCUT2D eigenvalue weighted by Crippen LogP contribution is 2.27. The maximum atomic E-state index is 12.5. The van der Waals surface area contributed by atoms with E-state index in [1.54, 1.807) is 18.2 Å². The van der Waals surface area contributed by atoms with Crippen molar-refractivity contribution in [3.63, 3.8) is 0 Å². The number of benzene rings is 2. The number of halogens is 1. The monoisotopic (exact) mass is 518 g/mol. The first kappa shape index (κ1) is 26.3. The van der Waals surface area contributed by atoms with Crippen molar-refractivity contribution in [3.8, 4) is 11.5 Å². The fraction of sp³-hybridized carbons (Fsp3) is 0.261. The largest absolute Gasteiger partial charge is 0.493 e. The molecule has 0 spiro atoms. The topological polar surface area (TPSA) is 152 Å². The van der Waals surface area contributed by atoms with Gasteiger partial charge in [0.15, 0.2) is 18.1 Å². The van der Waals surface area contributed by atoms with E-state index in [1.807, 2.05) is 0 Å². The number of nitrogens with one attached hydrogen (secondary N) is 3. The summed E-state index contributed by atoms with van der Waals surface area (Å²) in [6.45, 7) is -0.827. The van der Waals surface area contributed by atoms with Crippen LogP contribution in [0.2, 0.25) is 5.02 Å². The van der Waals surface area contributed by atoms with Gasteiger partial charge in [0.2, 0.25) is 5.91 Å². The first-order valence-corrected chi connectivity index (χ1v) is 10.9. The number of nitrogens with zero attached hydrogens (tertiary/aromatic N) is 1. The molecule has 1 saturated heterocycles. The fourth-order valence-corrected chi connectivity index (χ4v) is 3.49. The zero-order valence-electron chi connectivity index (χ0n) is 19.3. The number of hydrogen-bond acceptors (Lipinski definition) is 8. The Balaban J connectivity index is 1.46. The molecule has 3 N–H and O–H groups in total. The van der Waals surface area contributed by atoms with Gasteiger partial charge in [-0.1, -0.05) is 23.7 Å². The number of carbonyl (C=O) groups is 5. The number of amides is 4. The lowest BCUT2D eigenvalue weighted by Crippen LogP contribution is -2.44. The number of carbonyl (C=O) groups excluding carboxylic acids is 5. The van der Waals surface area contributed by atoms with Crippen molar-refractivity contribution < 1.29 is 38.2 Å². The van der Waals surface area contributed by atoms with Crippen LogP contribution < -0.4 is 25.8 Å². The van der Waals surface area contributed by atoms with Crippen LogP contribution in [0.15, 0.2) is 42.5 Å². The summed E-state index contributed by atoms with van der Waals surface area (Å²) in [7, 11) is 2.88. The first-order chi connectivity index (χ1) is 17.2. The van der Waals surface area contributed by atoms with Crippen molar-refractivity contribution in [2.24, 2.45) is 5.92 Å². The van der Waals surface area contributed by atoms with Gasteiger partial charge in [0.05, 0.1) is 37.3 Å². The standard InChI is InChI=1S/C23H23ClN4O8/c1-34-17-8-7-13(9-18(17)35-2)21(31)27-28-11-14(10-20(28)30)23(33)36-12-19(29)25-26-22(32)15-5-3-4-6-16(15)24/h3-9,14H,10-12H2,1-2H3,(H,25,29)(H,26,32)(H,27,31)/t14-/m1/s1. The Bertz CT molecular complexity index is 1190. The molecular weight excluding hydrogens is 496 g/mol. The van der Waals surface area contributed by atoms with Crippen molar-refractivity contribution in [2.45, 2.75) is 6.42 Å². The Labute approximate surface area is 210 Å². The van der Waals surface area contributed by atoms with Gasteiger partial charge in [-0.2, -0.15) is 0 Å². The first-order valence-electron chi connectivity index (χ1n) is 10.6. The smallest absolute Gasteiger partial charge is 0.311 e. The lowest BCUT2D eigenvalue weighted by atomic mass is 10.1. The SMILES string of the molecule is COc1ccc(C(=O)NN2C[C@H](C(=O)OCC(=O)NNC(=O)c3ccccc3Cl)CC2=O)cc1OC. The van der Waals surface area contributed by atoms with Gasteiger partial charge in [-0.25, -0.2) is 0 Å². The van der Waals surface area contributed by atoms with Gasteiger partial charge in [0.1, 0.15) is 0 Å². The summed E-state index contributed by atoms with van der Waals surface area (Å²) in [6, 6.07) is 10.7. The molecule has 0 saturated carbocycles. The van der Waals surface area contributed by atoms with Gasteiger partial charge >= 0.3 is 5.97 Å². The van der Waals surface area contributed by atoms with Crippen LogP contribution in [0.3, 0.4) is 0 Å². The third-order valence-corrected chi connectivity index (χ3v) is 5.45. The van der Waals surface area contributed by atoms with Crippen LogP contribution >= 0.6 is 11.6 Å². The van der Waals surface area contributed by atoms with Crippen LogP contribution in [0.4, 0.5) is 0 Å². The highest BCUT2D eigenvalue weighted by molar-refractivity contribution is 6.33. The Kier molecular flexibility index (Phi) is 8.68. The summed E-state index contributed by atoms with van der Waals surface area (Å²) in [5.74, 6) is -3.47. The molecule has 1 fully saturated rings. The molecule has 4 amide bonds. The Morgan fingerprint density at radius 1 is 1.00 bits per heavy atom. The molecule has 36 heavy (non-hydrogen) atoms. The molecule has 12 nitrogen and oxygen atoms in total. The third-order valence-electron chi connectivity index (χ3n) is 5.12. The minimum atomic E-state index is -0.895. The highest BCUT2D eigenvalue weighted by Gasteiger charge is 2.36. The molecule has 1 heterocycles. The lowest BCUT2D eigenvalue weighted by molar-refractivity contribution is -0.152. The van der Waals surface area contributed by atoms with Crippen molar-refractivity contribution in [1.29, 1.82) is 0 Å². The van der Waals surface area contributed by atoms with Crippen LogP contribution in [-0.2, 0) is 19.1 Å². The second-order valence-electron chi connectivity index (χ2n) is 7.51. The molecule has 0 aliphatic carbocycles. The number of hydrogen-bond donors (Lipinski definition) is 3. The summed E-state index contributed by atoms with van der Waals surface area (Å²) < 4.78 is 15.2. The van der Waals surface area contributed by atoms with E-state index >= 15 is 0 Å². The van der Waals surface area contributed by atoms with E-state index in [0.717, 1.165) is 5.01 Å². The summed E-state index contributed by atoms with van der Waals surface area (Å²) in [5.41, 5.74) is 7.06. The quantitative estimate of drug-likeness (QED) is 0.343. The second-order valence-corrected chi connectivity index (χ2v) is 7.91. The van der Waals surface area contributed by atoms with Crippen LogP contribution in [0.25, 0.3) is 0 Å². The van der Waals surface area contributed by atoms with E-state index in [9.17, 15) is 24.0 Å². The predicted octanol–water partition coefficient (Wildman–Crippen LogP) is 0.855. The molecule has 3 rings (SSSR count). The van der Waals surface area contributed by atoms with Crippen molar-refractivity contribution in [1.82, 2.24) is 21.3 Å². The van der Waals surface area contributed by atoms with E-state index in [1.165, 1.54) is 38.5 Å². The molecule has 13 heteroatoms. The van der Waals surface area contributed by atoms with E-state index in [0.29, 0.717) is 11.5 Å². The molecule has 190 valence electrons. The van der Waals surface area contributed by atoms with Gasteiger partial charge in [-0.3, -0.25) is 45.3 Å². The van der Waals surface area contributed by atoms with E-state index in [-0.39, 0.29) is 29.1 Å². The Morgan fingerprint density at radius 2 is 1.72 bits per heavy atom. The minimum absolute atomic E-state index is 0.137. The zero-order chi connectivity index (χ0) is 26.2. The van der Waals surface area contributed by atoms with Gasteiger partial charge in [-0.05, 0) is 30.3 Å². The average molecular weight is 519 g/mol. The van der Waals surface area contributed by atoms with E-state index in [4.69, 9.17) is 25.8 Å². The van der Waals surface area contributed by atoms with Crippen LogP contribution in [0, 0.1) is 5.92 Å². The van der Waals surface area contributed by atoms with Gasteiger partial charge in [0, 0.05) is 12.0 Å². The van der Waals surface area contributed by atoms with Crippen LogP contribution in [0.5, 0.6) is 11.5 Å². The average Bonchev–Trinajstić information content (AvgIpc) is 3.25. The second kappa shape index (κ2) is 11.9. The summed E-state index contributed by atoms with van der Waals surface area (Å²) in [4.78, 5) is 61.1. The highest BCUT2D eigenvalue weighted by atomic mass is 35.5. The molecule has 0 unspecified atom stereocenters. The summed E-state index contributed by atoms with van der Waals surface area (Å²) in [5, 5.41) is 1.21. The van der Waals surface area contributed by atoms with Crippen molar-refractivity contribution in [2.75, 3.05) is 27.4 Å². The molecule has 2 aromatic rings. The van der Waals surface area contributed by atoms with Crippen molar-refractivity contribution in [3.05, 3.63) is 58.6 Å². The summed E-state index contributed by atoms with van der Waals surface area (Å²) in [6.07, 6.45) is -0.212. The maximum absolute atomic E-state index is 12.5. The van der Waals surface area contributed by atoms with Gasteiger partial charge < -0.3 is 14.2 Å². The number of ether oxygens (including phenoxy) is 3. The Morgan fingerprint density at radius 3 is 2.42 bits per heavy atom. The number of hydrazine groups is 2. The Hall–Kier alpha value is -4.32. The molecule has 1 aliphatic heterocycles. The molecule has 0 bridgehead atoms. The predicted molar refractivity (Wildman–Crippen MR) is 125 cm³/mol. The third kappa shape index (κ3) is 6.42. The maximum Gasteiger partial charge on any atom is 0.311 e. The fourth-order valence-electron chi connectivity index (χ4n) is 3.27. The molecule has 1 atom stereocenters. The molecular formula is C23H23ClN4O8. The number of esters is 1. The number of methoxy groups -OCH3 is 2. The van der Waals surface area contributed by atoms with Gasteiger partial charge in [-0.15, -0.1) is 0 Å². The van der Waals surface area contributed by atoms with Crippen molar-refractivity contribution >= 4 is 41.2 Å². The lowest BCUT2D eigenvalue weighted by Gasteiger charge is -2.18. The molecule has 0 aromatic heterocycles. The normalized spacial score (nSPS) is 14.6. The summed E-state index contributed by atoms with van der Waals surface area (Å²) >= 11 is 5.91. The van der Waals surface area contributed by atoms with Gasteiger partial charge in [0.25, 0.3) is 17.7 Å². The molecule has 2 aromatic carbocycles. The molecule has 0 radical (unpaired) electrons. The zero-order valence-corrected chi connectivity index (χ0v) is 20.1. The van der Waals surface area contributed by atoms with Crippen LogP contribution in [-0.4, -0.2) is 62.0 Å². The van der Waals surface area contributed by atoms with E-state index in [2.05, 4.69) is 16.3 Å². The van der Waals surface area contributed by atoms with E-state index < -0.39 is 42.1 Å².